The summed E-state index contributed by atoms with van der Waals surface area (Å²) in [6.45, 7) is 5.88. The third-order valence-electron chi connectivity index (χ3n) is 3.29. The fourth-order valence-electron chi connectivity index (χ4n) is 1.81. The highest BCUT2D eigenvalue weighted by molar-refractivity contribution is 8.00. The van der Waals surface area contributed by atoms with E-state index in [1.165, 1.54) is 11.8 Å². The molecule has 0 radical (unpaired) electrons. The summed E-state index contributed by atoms with van der Waals surface area (Å²) in [4.78, 5) is 24.4. The topological polar surface area (TPSA) is 72.2 Å². The maximum absolute atomic E-state index is 11.9. The van der Waals surface area contributed by atoms with Crippen LogP contribution in [0.2, 0.25) is 0 Å². The molecule has 4 nitrogen and oxygen atoms in total. The number of amides is 2. The van der Waals surface area contributed by atoms with Gasteiger partial charge >= 0.3 is 0 Å². The molecule has 0 aromatic heterocycles. The Balaban J connectivity index is 2.55. The van der Waals surface area contributed by atoms with Crippen LogP contribution in [0.1, 0.15) is 25.8 Å². The molecular formula is C15H22N2O2S. The van der Waals surface area contributed by atoms with Crippen LogP contribution in [0.5, 0.6) is 0 Å². The van der Waals surface area contributed by atoms with Crippen LogP contribution in [0, 0.1) is 12.8 Å². The van der Waals surface area contributed by atoms with Gasteiger partial charge in [0.25, 0.3) is 0 Å². The molecule has 0 saturated heterocycles. The maximum atomic E-state index is 11.9. The molecule has 0 fully saturated rings. The Bertz CT molecular complexity index is 477. The summed E-state index contributed by atoms with van der Waals surface area (Å²) in [7, 11) is 0. The van der Waals surface area contributed by atoms with Crippen molar-refractivity contribution in [1.82, 2.24) is 5.32 Å². The van der Waals surface area contributed by atoms with Crippen LogP contribution in [0.3, 0.4) is 0 Å². The van der Waals surface area contributed by atoms with Gasteiger partial charge in [-0.25, -0.2) is 0 Å². The van der Waals surface area contributed by atoms with Crippen molar-refractivity contribution in [2.24, 2.45) is 11.7 Å². The average molecular weight is 294 g/mol. The largest absolute Gasteiger partial charge is 0.368 e. The molecule has 20 heavy (non-hydrogen) atoms. The van der Waals surface area contributed by atoms with Crippen LogP contribution in [0.25, 0.3) is 0 Å². The van der Waals surface area contributed by atoms with Gasteiger partial charge in [-0.05, 0) is 24.5 Å². The number of hydrogen-bond acceptors (Lipinski definition) is 3. The lowest BCUT2D eigenvalue weighted by Crippen LogP contribution is -2.48. The molecule has 110 valence electrons. The maximum Gasteiger partial charge on any atom is 0.240 e. The van der Waals surface area contributed by atoms with E-state index in [0.29, 0.717) is 0 Å². The van der Waals surface area contributed by atoms with E-state index in [2.05, 4.69) is 5.32 Å². The molecule has 1 aromatic rings. The quantitative estimate of drug-likeness (QED) is 0.756. The molecule has 2 atom stereocenters. The van der Waals surface area contributed by atoms with Crippen molar-refractivity contribution >= 4 is 23.6 Å². The smallest absolute Gasteiger partial charge is 0.240 e. The van der Waals surface area contributed by atoms with E-state index in [-0.39, 0.29) is 17.6 Å². The molecule has 0 aliphatic rings. The van der Waals surface area contributed by atoms with E-state index < -0.39 is 11.9 Å². The van der Waals surface area contributed by atoms with Crippen LogP contribution >= 0.6 is 11.8 Å². The first kappa shape index (κ1) is 16.6. The van der Waals surface area contributed by atoms with Gasteiger partial charge in [0.1, 0.15) is 6.04 Å². The van der Waals surface area contributed by atoms with E-state index in [1.807, 2.05) is 45.0 Å². The highest BCUT2D eigenvalue weighted by Gasteiger charge is 2.23. The number of thioether (sulfide) groups is 1. The number of nitrogens with two attached hydrogens (primary N) is 1. The highest BCUT2D eigenvalue weighted by Crippen LogP contribution is 2.21. The van der Waals surface area contributed by atoms with E-state index in [0.717, 1.165) is 16.9 Å². The summed E-state index contributed by atoms with van der Waals surface area (Å²) in [5.41, 5.74) is 6.47. The first-order valence-electron chi connectivity index (χ1n) is 6.72. The summed E-state index contributed by atoms with van der Waals surface area (Å²) in [6, 6.07) is 7.30. The Labute approximate surface area is 124 Å². The van der Waals surface area contributed by atoms with Gasteiger partial charge in [0, 0.05) is 4.90 Å². The van der Waals surface area contributed by atoms with Crippen molar-refractivity contribution in [3.8, 4) is 0 Å². The molecule has 0 aliphatic carbocycles. The van der Waals surface area contributed by atoms with Crippen LogP contribution in [0.4, 0.5) is 0 Å². The monoisotopic (exact) mass is 294 g/mol. The number of hydrogen-bond donors (Lipinski definition) is 2. The number of aryl methyl sites for hydroxylation is 1. The van der Waals surface area contributed by atoms with Gasteiger partial charge < -0.3 is 11.1 Å². The Morgan fingerprint density at radius 1 is 1.35 bits per heavy atom. The summed E-state index contributed by atoms with van der Waals surface area (Å²) >= 11 is 1.46. The van der Waals surface area contributed by atoms with Gasteiger partial charge in [0.2, 0.25) is 11.8 Å². The first-order valence-corrected chi connectivity index (χ1v) is 7.71. The van der Waals surface area contributed by atoms with E-state index in [9.17, 15) is 9.59 Å². The summed E-state index contributed by atoms with van der Waals surface area (Å²) < 4.78 is 0. The Kier molecular flexibility index (Phi) is 6.58. The van der Waals surface area contributed by atoms with Gasteiger partial charge in [-0.2, -0.15) is 0 Å². The van der Waals surface area contributed by atoms with E-state index in [1.54, 1.807) is 0 Å². The first-order chi connectivity index (χ1) is 9.45. The molecular weight excluding hydrogens is 272 g/mol. The van der Waals surface area contributed by atoms with Crippen molar-refractivity contribution in [3.05, 3.63) is 29.8 Å². The Morgan fingerprint density at radius 2 is 2.00 bits per heavy atom. The van der Waals surface area contributed by atoms with Gasteiger partial charge in [0.05, 0.1) is 5.75 Å². The summed E-state index contributed by atoms with van der Waals surface area (Å²) in [6.07, 6.45) is 0.790. The fourth-order valence-corrected chi connectivity index (χ4v) is 2.65. The normalized spacial score (nSPS) is 13.6. The third kappa shape index (κ3) is 4.89. The minimum atomic E-state index is -0.593. The predicted octanol–water partition coefficient (Wildman–Crippen LogP) is 2.10. The van der Waals surface area contributed by atoms with Crippen molar-refractivity contribution in [3.63, 3.8) is 0 Å². The van der Waals surface area contributed by atoms with E-state index in [4.69, 9.17) is 5.73 Å². The number of nitrogens with one attached hydrogen (secondary N) is 1. The second-order valence-corrected chi connectivity index (χ2v) is 5.90. The Hall–Kier alpha value is -1.49. The number of carbonyl (C=O) groups excluding carboxylic acids is 2. The van der Waals surface area contributed by atoms with Crippen molar-refractivity contribution in [1.29, 1.82) is 0 Å². The molecule has 2 amide bonds. The number of benzene rings is 1. The zero-order valence-corrected chi connectivity index (χ0v) is 13.0. The van der Waals surface area contributed by atoms with Crippen molar-refractivity contribution < 1.29 is 9.59 Å². The minimum Gasteiger partial charge on any atom is -0.368 e. The highest BCUT2D eigenvalue weighted by atomic mass is 32.2. The van der Waals surface area contributed by atoms with Crippen molar-refractivity contribution in [2.45, 2.75) is 38.1 Å². The van der Waals surface area contributed by atoms with Crippen LogP contribution < -0.4 is 11.1 Å². The van der Waals surface area contributed by atoms with Crippen LogP contribution in [-0.2, 0) is 9.59 Å². The van der Waals surface area contributed by atoms with Crippen LogP contribution in [0.15, 0.2) is 29.2 Å². The molecule has 0 aliphatic heterocycles. The summed E-state index contributed by atoms with van der Waals surface area (Å²) in [5.74, 6) is -0.318. The minimum absolute atomic E-state index is 0.0416. The number of primary amides is 1. The molecule has 5 heteroatoms. The Morgan fingerprint density at radius 3 is 2.55 bits per heavy atom. The molecule has 1 aromatic carbocycles. The third-order valence-corrected chi connectivity index (χ3v) is 4.46. The lowest BCUT2D eigenvalue weighted by molar-refractivity contribution is -0.127. The van der Waals surface area contributed by atoms with Gasteiger partial charge in [-0.3, -0.25) is 9.59 Å². The van der Waals surface area contributed by atoms with Gasteiger partial charge in [0.15, 0.2) is 0 Å². The zero-order chi connectivity index (χ0) is 15.1. The molecule has 0 bridgehead atoms. The lowest BCUT2D eigenvalue weighted by atomic mass is 9.99. The van der Waals surface area contributed by atoms with Gasteiger partial charge in [-0.1, -0.05) is 38.5 Å². The number of carbonyl (C=O) groups is 2. The van der Waals surface area contributed by atoms with Crippen LogP contribution in [-0.4, -0.2) is 23.6 Å². The fraction of sp³-hybridized carbons (Fsp3) is 0.467. The molecule has 0 heterocycles. The molecule has 1 rings (SSSR count). The number of rotatable bonds is 7. The van der Waals surface area contributed by atoms with E-state index >= 15 is 0 Å². The average Bonchev–Trinajstić information content (AvgIpc) is 2.42. The molecule has 3 N–H and O–H groups in total. The zero-order valence-electron chi connectivity index (χ0n) is 12.2. The molecule has 2 unspecified atom stereocenters. The van der Waals surface area contributed by atoms with Gasteiger partial charge in [-0.15, -0.1) is 11.8 Å². The second kappa shape index (κ2) is 7.94. The van der Waals surface area contributed by atoms with Crippen molar-refractivity contribution in [2.75, 3.05) is 5.75 Å². The second-order valence-electron chi connectivity index (χ2n) is 4.89. The summed E-state index contributed by atoms with van der Waals surface area (Å²) in [5, 5.41) is 2.72. The molecule has 0 saturated carbocycles. The standard InChI is InChI=1S/C15H22N2O2S/c1-4-10(2)14(15(16)19)17-13(18)9-20-12-8-6-5-7-11(12)3/h5-8,10,14H,4,9H2,1-3H3,(H2,16,19)(H,17,18). The lowest BCUT2D eigenvalue weighted by Gasteiger charge is -2.21. The predicted molar refractivity (Wildman–Crippen MR) is 82.5 cm³/mol. The SMILES string of the molecule is CCC(C)C(NC(=O)CSc1ccccc1C)C(N)=O. The molecule has 0 spiro atoms.